The quantitative estimate of drug-likeness (QED) is 0.783. The number of rotatable bonds is 3. The normalized spacial score (nSPS) is 11.2. The van der Waals surface area contributed by atoms with E-state index in [1.807, 2.05) is 24.0 Å². The maximum absolute atomic E-state index is 10.8. The maximum atomic E-state index is 10.8. The van der Waals surface area contributed by atoms with Crippen molar-refractivity contribution in [1.82, 2.24) is 19.2 Å². The molecule has 0 spiro atoms. The van der Waals surface area contributed by atoms with E-state index in [0.29, 0.717) is 4.96 Å². The van der Waals surface area contributed by atoms with E-state index >= 15 is 0 Å². The Morgan fingerprint density at radius 2 is 2.28 bits per heavy atom. The molecule has 0 aliphatic carbocycles. The van der Waals surface area contributed by atoms with Crippen LogP contribution in [0.15, 0.2) is 24.8 Å². The molecule has 3 rings (SSSR count). The van der Waals surface area contributed by atoms with Crippen LogP contribution in [-0.4, -0.2) is 30.2 Å². The first-order valence-corrected chi connectivity index (χ1v) is 6.23. The molecular formula is C11H10N4O2S. The summed E-state index contributed by atoms with van der Waals surface area (Å²) in [6, 6.07) is 0. The smallest absolute Gasteiger partial charge is 0.347 e. The lowest BCUT2D eigenvalue weighted by molar-refractivity contribution is 0.0702. The second kappa shape index (κ2) is 3.95. The van der Waals surface area contributed by atoms with E-state index in [-0.39, 0.29) is 4.88 Å². The zero-order valence-electron chi connectivity index (χ0n) is 9.57. The summed E-state index contributed by atoms with van der Waals surface area (Å²) in [7, 11) is 0. The fourth-order valence-corrected chi connectivity index (χ4v) is 2.51. The summed E-state index contributed by atoms with van der Waals surface area (Å²) in [4.78, 5) is 16.2. The van der Waals surface area contributed by atoms with Gasteiger partial charge in [-0.15, -0.1) is 0 Å². The third-order valence-corrected chi connectivity index (χ3v) is 3.60. The van der Waals surface area contributed by atoms with E-state index in [1.165, 1.54) is 0 Å². The van der Waals surface area contributed by atoms with Crippen molar-refractivity contribution in [2.24, 2.45) is 0 Å². The van der Waals surface area contributed by atoms with Gasteiger partial charge in [-0.3, -0.25) is 9.08 Å². The van der Waals surface area contributed by atoms with Crippen LogP contribution >= 0.6 is 11.3 Å². The molecule has 3 heterocycles. The molecule has 3 aromatic heterocycles. The van der Waals surface area contributed by atoms with Crippen LogP contribution in [0.3, 0.4) is 0 Å². The van der Waals surface area contributed by atoms with Crippen molar-refractivity contribution < 1.29 is 9.90 Å². The summed E-state index contributed by atoms with van der Waals surface area (Å²) in [6.45, 7) is 2.83. The topological polar surface area (TPSA) is 72.4 Å². The summed E-state index contributed by atoms with van der Waals surface area (Å²) >= 11 is 1.16. The van der Waals surface area contributed by atoms with Crippen LogP contribution in [-0.2, 0) is 6.54 Å². The van der Waals surface area contributed by atoms with Crippen LogP contribution < -0.4 is 0 Å². The van der Waals surface area contributed by atoms with E-state index < -0.39 is 5.97 Å². The lowest BCUT2D eigenvalue weighted by Crippen LogP contribution is -1.92. The lowest BCUT2D eigenvalue weighted by atomic mass is 10.3. The number of aromatic nitrogens is 4. The zero-order chi connectivity index (χ0) is 12.7. The molecule has 0 aliphatic heterocycles. The van der Waals surface area contributed by atoms with E-state index in [9.17, 15) is 4.79 Å². The molecule has 0 fully saturated rings. The van der Waals surface area contributed by atoms with E-state index in [1.54, 1.807) is 16.8 Å². The molecule has 0 radical (unpaired) electrons. The Morgan fingerprint density at radius 3 is 2.89 bits per heavy atom. The van der Waals surface area contributed by atoms with Crippen molar-refractivity contribution in [3.8, 4) is 11.3 Å². The van der Waals surface area contributed by atoms with Gasteiger partial charge >= 0.3 is 5.97 Å². The van der Waals surface area contributed by atoms with Gasteiger partial charge in [0.15, 0.2) is 4.96 Å². The van der Waals surface area contributed by atoms with E-state index in [2.05, 4.69) is 10.1 Å². The van der Waals surface area contributed by atoms with Crippen LogP contribution in [0.4, 0.5) is 0 Å². The SMILES string of the molecule is CCn1cc(-c2cn3cc(C(=O)O)sc3n2)cn1. The Hall–Kier alpha value is -2.15. The monoisotopic (exact) mass is 262 g/mol. The fraction of sp³-hybridized carbons (Fsp3) is 0.182. The van der Waals surface area contributed by atoms with Crippen molar-refractivity contribution in [3.63, 3.8) is 0 Å². The molecule has 0 bridgehead atoms. The fourth-order valence-electron chi connectivity index (χ4n) is 1.70. The zero-order valence-corrected chi connectivity index (χ0v) is 10.4. The first-order valence-electron chi connectivity index (χ1n) is 5.42. The number of hydrogen-bond acceptors (Lipinski definition) is 4. The van der Waals surface area contributed by atoms with Crippen molar-refractivity contribution in [2.45, 2.75) is 13.5 Å². The van der Waals surface area contributed by atoms with Crippen molar-refractivity contribution >= 4 is 22.3 Å². The number of carbonyl (C=O) groups is 1. The molecule has 0 saturated carbocycles. The van der Waals surface area contributed by atoms with Crippen LogP contribution in [0.1, 0.15) is 16.6 Å². The minimum atomic E-state index is -0.925. The minimum Gasteiger partial charge on any atom is -0.477 e. The summed E-state index contributed by atoms with van der Waals surface area (Å²) < 4.78 is 3.55. The number of nitrogens with zero attached hydrogens (tertiary/aromatic N) is 4. The highest BCUT2D eigenvalue weighted by atomic mass is 32.1. The highest BCUT2D eigenvalue weighted by Gasteiger charge is 2.12. The van der Waals surface area contributed by atoms with Crippen molar-refractivity contribution in [1.29, 1.82) is 0 Å². The highest BCUT2D eigenvalue weighted by Crippen LogP contribution is 2.23. The Kier molecular flexibility index (Phi) is 2.41. The lowest BCUT2D eigenvalue weighted by Gasteiger charge is -1.90. The number of carboxylic acids is 1. The van der Waals surface area contributed by atoms with Crippen molar-refractivity contribution in [3.05, 3.63) is 29.7 Å². The Morgan fingerprint density at radius 1 is 1.44 bits per heavy atom. The molecule has 7 heteroatoms. The molecule has 0 aliphatic rings. The summed E-state index contributed by atoms with van der Waals surface area (Å²) in [5.41, 5.74) is 1.74. The average molecular weight is 262 g/mol. The van der Waals surface area contributed by atoms with Crippen molar-refractivity contribution in [2.75, 3.05) is 0 Å². The van der Waals surface area contributed by atoms with E-state index in [0.717, 1.165) is 29.1 Å². The molecule has 92 valence electrons. The predicted molar refractivity (Wildman–Crippen MR) is 66.9 cm³/mol. The van der Waals surface area contributed by atoms with Gasteiger partial charge in [0.1, 0.15) is 4.88 Å². The summed E-state index contributed by atoms with van der Waals surface area (Å²) in [5, 5.41) is 13.1. The third kappa shape index (κ3) is 1.68. The van der Waals surface area contributed by atoms with Gasteiger partial charge in [-0.25, -0.2) is 9.78 Å². The minimum absolute atomic E-state index is 0.285. The standard InChI is InChI=1S/C11H10N4O2S/c1-2-15-4-7(3-12-15)8-5-14-6-9(10(16)17)18-11(14)13-8/h3-6H,2H2,1H3,(H,16,17). The second-order valence-electron chi connectivity index (χ2n) is 3.80. The van der Waals surface area contributed by atoms with Gasteiger partial charge in [0.05, 0.1) is 11.9 Å². The second-order valence-corrected chi connectivity index (χ2v) is 4.81. The van der Waals surface area contributed by atoms with Gasteiger partial charge in [-0.2, -0.15) is 5.10 Å². The molecule has 0 amide bonds. The number of thiazole rings is 1. The molecular weight excluding hydrogens is 252 g/mol. The van der Waals surface area contributed by atoms with Crippen LogP contribution in [0, 0.1) is 0 Å². The molecule has 1 N–H and O–H groups in total. The molecule has 18 heavy (non-hydrogen) atoms. The maximum Gasteiger partial charge on any atom is 0.347 e. The average Bonchev–Trinajstić information content (AvgIpc) is 3.01. The van der Waals surface area contributed by atoms with Gasteiger partial charge < -0.3 is 5.11 Å². The summed E-state index contributed by atoms with van der Waals surface area (Å²) in [6.07, 6.45) is 7.07. The van der Waals surface area contributed by atoms with Gasteiger partial charge in [0.25, 0.3) is 0 Å². The van der Waals surface area contributed by atoms with E-state index in [4.69, 9.17) is 5.11 Å². The first-order chi connectivity index (χ1) is 8.67. The molecule has 3 aromatic rings. The van der Waals surface area contributed by atoms with Crippen LogP contribution in [0.25, 0.3) is 16.2 Å². The number of aromatic carboxylic acids is 1. The number of hydrogen-bond donors (Lipinski definition) is 1. The highest BCUT2D eigenvalue weighted by molar-refractivity contribution is 7.18. The van der Waals surface area contributed by atoms with Gasteiger partial charge in [0.2, 0.25) is 0 Å². The Labute approximate surface area is 106 Å². The van der Waals surface area contributed by atoms with Crippen LogP contribution in [0.2, 0.25) is 0 Å². The third-order valence-electron chi connectivity index (χ3n) is 2.62. The number of fused-ring (bicyclic) bond motifs is 1. The van der Waals surface area contributed by atoms with Gasteiger partial charge in [0, 0.05) is 30.7 Å². The number of imidazole rings is 1. The first kappa shape index (κ1) is 11.0. The molecule has 0 aromatic carbocycles. The largest absolute Gasteiger partial charge is 0.477 e. The van der Waals surface area contributed by atoms with Gasteiger partial charge in [-0.05, 0) is 6.92 Å². The van der Waals surface area contributed by atoms with Gasteiger partial charge in [-0.1, -0.05) is 11.3 Å². The molecule has 0 atom stereocenters. The molecule has 0 saturated heterocycles. The number of carboxylic acid groups (broad SMARTS) is 1. The molecule has 0 unspecified atom stereocenters. The molecule has 6 nitrogen and oxygen atoms in total. The van der Waals surface area contributed by atoms with Crippen LogP contribution in [0.5, 0.6) is 0 Å². The summed E-state index contributed by atoms with van der Waals surface area (Å²) in [5.74, 6) is -0.925. The Bertz CT molecular complexity index is 693. The number of aryl methyl sites for hydroxylation is 1. The Balaban J connectivity index is 2.03. The predicted octanol–water partition coefficient (Wildman–Crippen LogP) is 1.98.